The molecule has 36 heavy (non-hydrogen) atoms. The molecule has 1 unspecified atom stereocenters. The molecule has 2 saturated heterocycles. The lowest BCUT2D eigenvalue weighted by atomic mass is 9.94. The molecule has 0 bridgehead atoms. The molecule has 0 radical (unpaired) electrons. The number of hydrogen-bond acceptors (Lipinski definition) is 6. The average Bonchev–Trinajstić information content (AvgIpc) is 3.13. The maximum absolute atomic E-state index is 13.2. The quantitative estimate of drug-likeness (QED) is 0.234. The van der Waals surface area contributed by atoms with Crippen LogP contribution < -0.4 is 4.74 Å². The number of rotatable bonds is 9. The van der Waals surface area contributed by atoms with Crippen molar-refractivity contribution in [3.8, 4) is 5.75 Å². The van der Waals surface area contributed by atoms with Crippen molar-refractivity contribution < 1.29 is 24.2 Å². The second-order valence-electron chi connectivity index (χ2n) is 8.93. The summed E-state index contributed by atoms with van der Waals surface area (Å²) in [6.45, 7) is 10.2. The number of hydrogen-bond donors (Lipinski definition) is 1. The summed E-state index contributed by atoms with van der Waals surface area (Å²) in [6, 6.07) is 11.5. The number of ether oxygens (including phenoxy) is 2. The molecule has 1 atom stereocenters. The van der Waals surface area contributed by atoms with Crippen LogP contribution >= 0.6 is 11.6 Å². The molecule has 190 valence electrons. The van der Waals surface area contributed by atoms with Gasteiger partial charge in [0.05, 0.1) is 24.8 Å². The second-order valence-corrected chi connectivity index (χ2v) is 9.37. The number of amides is 1. The van der Waals surface area contributed by atoms with E-state index in [9.17, 15) is 14.7 Å². The predicted octanol–water partition coefficient (Wildman–Crippen LogP) is 4.36. The summed E-state index contributed by atoms with van der Waals surface area (Å²) in [5.41, 5.74) is 2.04. The normalized spacial score (nSPS) is 20.1. The molecule has 1 amide bonds. The maximum atomic E-state index is 13.2. The van der Waals surface area contributed by atoms with Crippen molar-refractivity contribution in [2.45, 2.75) is 19.4 Å². The highest BCUT2D eigenvalue weighted by molar-refractivity contribution is 6.46. The van der Waals surface area contributed by atoms with E-state index in [1.807, 2.05) is 6.92 Å². The molecular weight excluding hydrogens is 480 g/mol. The first-order valence-corrected chi connectivity index (χ1v) is 12.5. The van der Waals surface area contributed by atoms with E-state index in [0.717, 1.165) is 25.2 Å². The van der Waals surface area contributed by atoms with Gasteiger partial charge in [0, 0.05) is 36.8 Å². The minimum atomic E-state index is -0.705. The van der Waals surface area contributed by atoms with E-state index < -0.39 is 17.7 Å². The van der Waals surface area contributed by atoms with Crippen molar-refractivity contribution >= 4 is 29.1 Å². The molecule has 0 saturated carbocycles. The SMILES string of the molecule is C=CCOc1ccc(C(O)=C2C(=O)C(=O)N(CCCN3CCOCC3)C2c2ccc(Cl)cc2)cc1C. The molecule has 1 N–H and O–H groups in total. The van der Waals surface area contributed by atoms with Gasteiger partial charge in [0.25, 0.3) is 11.7 Å². The molecule has 8 heteroatoms. The molecular formula is C28H31ClN2O5. The molecule has 2 aromatic rings. The summed E-state index contributed by atoms with van der Waals surface area (Å²) >= 11 is 6.10. The van der Waals surface area contributed by atoms with Crippen LogP contribution in [-0.2, 0) is 14.3 Å². The van der Waals surface area contributed by atoms with E-state index in [1.54, 1.807) is 53.4 Å². The number of Topliss-reactive ketones (excluding diaryl/α,β-unsaturated/α-hetero) is 1. The summed E-state index contributed by atoms with van der Waals surface area (Å²) in [7, 11) is 0. The number of carbonyl (C=O) groups excluding carboxylic acids is 2. The number of ketones is 1. The number of likely N-dealkylation sites (tertiary alicyclic amines) is 1. The van der Waals surface area contributed by atoms with Gasteiger partial charge in [0.1, 0.15) is 18.1 Å². The van der Waals surface area contributed by atoms with Crippen molar-refractivity contribution in [3.63, 3.8) is 0 Å². The van der Waals surface area contributed by atoms with E-state index in [-0.39, 0.29) is 11.3 Å². The van der Waals surface area contributed by atoms with E-state index in [2.05, 4.69) is 11.5 Å². The van der Waals surface area contributed by atoms with Gasteiger partial charge in [-0.3, -0.25) is 14.5 Å². The third kappa shape index (κ3) is 5.64. The first-order valence-electron chi connectivity index (χ1n) is 12.1. The molecule has 7 nitrogen and oxygen atoms in total. The Bertz CT molecular complexity index is 1160. The fraction of sp³-hybridized carbons (Fsp3) is 0.357. The summed E-state index contributed by atoms with van der Waals surface area (Å²) in [5.74, 6) is -0.851. The monoisotopic (exact) mass is 510 g/mol. The van der Waals surface area contributed by atoms with Crippen LogP contribution in [0.5, 0.6) is 5.75 Å². The Balaban J connectivity index is 1.66. The van der Waals surface area contributed by atoms with Crippen LogP contribution in [0.3, 0.4) is 0 Å². The van der Waals surface area contributed by atoms with Gasteiger partial charge in [-0.1, -0.05) is 36.4 Å². The topological polar surface area (TPSA) is 79.3 Å². The molecule has 2 aromatic carbocycles. The van der Waals surface area contributed by atoms with Gasteiger partial charge in [0.15, 0.2) is 0 Å². The van der Waals surface area contributed by atoms with Gasteiger partial charge >= 0.3 is 0 Å². The van der Waals surface area contributed by atoms with Gasteiger partial charge in [-0.05, 0) is 54.8 Å². The van der Waals surface area contributed by atoms with Crippen molar-refractivity contribution in [2.75, 3.05) is 46.0 Å². The summed E-state index contributed by atoms with van der Waals surface area (Å²) in [4.78, 5) is 30.3. The molecule has 2 heterocycles. The van der Waals surface area contributed by atoms with Crippen LogP contribution in [0.4, 0.5) is 0 Å². The maximum Gasteiger partial charge on any atom is 0.295 e. The predicted molar refractivity (Wildman–Crippen MR) is 139 cm³/mol. The zero-order valence-electron chi connectivity index (χ0n) is 20.4. The van der Waals surface area contributed by atoms with Gasteiger partial charge in [0.2, 0.25) is 0 Å². The molecule has 0 aliphatic carbocycles. The molecule has 2 fully saturated rings. The van der Waals surface area contributed by atoms with Crippen LogP contribution in [0.25, 0.3) is 5.76 Å². The summed E-state index contributed by atoms with van der Waals surface area (Å²) in [5, 5.41) is 11.9. The zero-order valence-corrected chi connectivity index (χ0v) is 21.2. The van der Waals surface area contributed by atoms with E-state index in [4.69, 9.17) is 21.1 Å². The van der Waals surface area contributed by atoms with Crippen molar-refractivity contribution in [1.82, 2.24) is 9.80 Å². The standard InChI is InChI=1S/C28H31ClN2O5/c1-3-15-36-23-10-7-21(18-19(23)2)26(32)24-25(20-5-8-22(29)9-6-20)31(28(34)27(24)33)12-4-11-30-13-16-35-17-14-30/h3,5-10,18,25,32H,1,4,11-17H2,2H3. The highest BCUT2D eigenvalue weighted by Gasteiger charge is 2.45. The number of aryl methyl sites for hydroxylation is 1. The van der Waals surface area contributed by atoms with Crippen LogP contribution in [0, 0.1) is 6.92 Å². The van der Waals surface area contributed by atoms with Gasteiger partial charge in [-0.25, -0.2) is 0 Å². The Morgan fingerprint density at radius 2 is 1.89 bits per heavy atom. The molecule has 2 aliphatic heterocycles. The first kappa shape index (κ1) is 25.9. The van der Waals surface area contributed by atoms with Crippen LogP contribution in [-0.4, -0.2) is 72.6 Å². The smallest absolute Gasteiger partial charge is 0.295 e. The Morgan fingerprint density at radius 1 is 1.17 bits per heavy atom. The largest absolute Gasteiger partial charge is 0.507 e. The Labute approximate surface area is 216 Å². The number of benzene rings is 2. The number of carbonyl (C=O) groups is 2. The zero-order chi connectivity index (χ0) is 25.7. The highest BCUT2D eigenvalue weighted by atomic mass is 35.5. The van der Waals surface area contributed by atoms with Gasteiger partial charge in [-0.15, -0.1) is 0 Å². The molecule has 2 aliphatic rings. The van der Waals surface area contributed by atoms with E-state index in [1.165, 1.54) is 0 Å². The third-order valence-corrected chi connectivity index (χ3v) is 6.76. The molecule has 4 rings (SSSR count). The Kier molecular flexibility index (Phi) is 8.46. The first-order chi connectivity index (χ1) is 17.4. The van der Waals surface area contributed by atoms with Crippen molar-refractivity contribution in [1.29, 1.82) is 0 Å². The number of aliphatic hydroxyl groups excluding tert-OH is 1. The van der Waals surface area contributed by atoms with Crippen molar-refractivity contribution in [3.05, 3.63) is 82.4 Å². The van der Waals surface area contributed by atoms with E-state index in [0.29, 0.717) is 54.7 Å². The molecule has 0 aromatic heterocycles. The molecule has 0 spiro atoms. The van der Waals surface area contributed by atoms with Crippen molar-refractivity contribution in [2.24, 2.45) is 0 Å². The highest BCUT2D eigenvalue weighted by Crippen LogP contribution is 2.40. The average molecular weight is 511 g/mol. The number of halogens is 1. The lowest BCUT2D eigenvalue weighted by molar-refractivity contribution is -0.140. The Morgan fingerprint density at radius 3 is 2.56 bits per heavy atom. The van der Waals surface area contributed by atoms with Crippen LogP contribution in [0.1, 0.15) is 29.2 Å². The Hall–Kier alpha value is -3.13. The minimum Gasteiger partial charge on any atom is -0.507 e. The fourth-order valence-electron chi connectivity index (χ4n) is 4.65. The van der Waals surface area contributed by atoms with E-state index >= 15 is 0 Å². The summed E-state index contributed by atoms with van der Waals surface area (Å²) in [6.07, 6.45) is 2.35. The summed E-state index contributed by atoms with van der Waals surface area (Å²) < 4.78 is 11.0. The lowest BCUT2D eigenvalue weighted by Crippen LogP contribution is -2.38. The number of nitrogens with zero attached hydrogens (tertiary/aromatic N) is 2. The van der Waals surface area contributed by atoms with Crippen LogP contribution in [0.15, 0.2) is 60.7 Å². The number of morpholine rings is 1. The van der Waals surface area contributed by atoms with Gasteiger partial charge < -0.3 is 19.5 Å². The second kappa shape index (κ2) is 11.7. The lowest BCUT2D eigenvalue weighted by Gasteiger charge is -2.29. The fourth-order valence-corrected chi connectivity index (χ4v) is 4.78. The minimum absolute atomic E-state index is 0.0767. The van der Waals surface area contributed by atoms with Crippen LogP contribution in [0.2, 0.25) is 5.02 Å². The third-order valence-electron chi connectivity index (χ3n) is 6.51. The number of aliphatic hydroxyl groups is 1. The van der Waals surface area contributed by atoms with Gasteiger partial charge in [-0.2, -0.15) is 0 Å².